The van der Waals surface area contributed by atoms with Crippen LogP contribution in [0.2, 0.25) is 0 Å². The fourth-order valence-corrected chi connectivity index (χ4v) is 2.35. The molecule has 5 heteroatoms. The van der Waals surface area contributed by atoms with Crippen molar-refractivity contribution >= 4 is 29.1 Å². The van der Waals surface area contributed by atoms with E-state index >= 15 is 0 Å². The first-order valence-corrected chi connectivity index (χ1v) is 7.22. The fourth-order valence-electron chi connectivity index (χ4n) is 1.97. The number of thioether (sulfide) groups is 1. The zero-order valence-electron chi connectivity index (χ0n) is 11.6. The summed E-state index contributed by atoms with van der Waals surface area (Å²) >= 11 is 1.49. The summed E-state index contributed by atoms with van der Waals surface area (Å²) in [5, 5.41) is 0.686. The van der Waals surface area contributed by atoms with Gasteiger partial charge < -0.3 is 10.6 Å². The number of anilines is 3. The lowest BCUT2D eigenvalue weighted by molar-refractivity contribution is 0.952. The first kappa shape index (κ1) is 13.7. The molecule has 1 heterocycles. The van der Waals surface area contributed by atoms with Gasteiger partial charge in [-0.3, -0.25) is 0 Å². The van der Waals surface area contributed by atoms with Gasteiger partial charge in [-0.1, -0.05) is 17.8 Å². The zero-order chi connectivity index (χ0) is 14.0. The second-order valence-corrected chi connectivity index (χ2v) is 5.32. The molecule has 2 rings (SSSR count). The number of benzene rings is 1. The van der Waals surface area contributed by atoms with E-state index in [4.69, 9.17) is 5.73 Å². The van der Waals surface area contributed by atoms with Gasteiger partial charge in [-0.25, -0.2) is 9.97 Å². The first-order chi connectivity index (χ1) is 8.99. The van der Waals surface area contributed by atoms with Crippen LogP contribution in [-0.2, 0) is 0 Å². The van der Waals surface area contributed by atoms with Gasteiger partial charge in [-0.05, 0) is 43.4 Å². The van der Waals surface area contributed by atoms with Crippen LogP contribution in [0.15, 0.2) is 29.4 Å². The first-order valence-electron chi connectivity index (χ1n) is 6.00. The van der Waals surface area contributed by atoms with E-state index in [9.17, 15) is 0 Å². The number of nitrogens with two attached hydrogens (primary N) is 1. The van der Waals surface area contributed by atoms with Crippen LogP contribution in [0.25, 0.3) is 0 Å². The highest BCUT2D eigenvalue weighted by Crippen LogP contribution is 2.26. The Kier molecular flexibility index (Phi) is 3.95. The summed E-state index contributed by atoms with van der Waals surface area (Å²) < 4.78 is 0. The fraction of sp³-hybridized carbons (Fsp3) is 0.286. The van der Waals surface area contributed by atoms with E-state index in [1.807, 2.05) is 18.2 Å². The van der Waals surface area contributed by atoms with Crippen molar-refractivity contribution in [3.63, 3.8) is 0 Å². The van der Waals surface area contributed by atoms with E-state index in [1.54, 1.807) is 6.07 Å². The summed E-state index contributed by atoms with van der Waals surface area (Å²) in [4.78, 5) is 10.7. The standard InChI is InChI=1S/C14H18N4S/c1-9-5-10(2)7-11(6-9)18(3)13-8-12(15)16-14(17-13)19-4/h5-8H,1-4H3,(H2,15,16,17). The van der Waals surface area contributed by atoms with Crippen molar-refractivity contribution in [3.05, 3.63) is 35.4 Å². The highest BCUT2D eigenvalue weighted by atomic mass is 32.2. The summed E-state index contributed by atoms with van der Waals surface area (Å²) in [6, 6.07) is 8.20. The number of hydrogen-bond donors (Lipinski definition) is 1. The van der Waals surface area contributed by atoms with E-state index < -0.39 is 0 Å². The highest BCUT2D eigenvalue weighted by Gasteiger charge is 2.09. The van der Waals surface area contributed by atoms with Crippen molar-refractivity contribution in [1.82, 2.24) is 9.97 Å². The minimum Gasteiger partial charge on any atom is -0.383 e. The Balaban J connectivity index is 2.43. The van der Waals surface area contributed by atoms with Crippen LogP contribution in [0.1, 0.15) is 11.1 Å². The van der Waals surface area contributed by atoms with Crippen molar-refractivity contribution in [3.8, 4) is 0 Å². The van der Waals surface area contributed by atoms with Crippen LogP contribution < -0.4 is 10.6 Å². The monoisotopic (exact) mass is 274 g/mol. The van der Waals surface area contributed by atoms with Crippen LogP contribution in [-0.4, -0.2) is 23.3 Å². The molecular formula is C14H18N4S. The molecule has 19 heavy (non-hydrogen) atoms. The maximum atomic E-state index is 5.82. The third-order valence-electron chi connectivity index (χ3n) is 2.83. The zero-order valence-corrected chi connectivity index (χ0v) is 12.5. The van der Waals surface area contributed by atoms with Gasteiger partial charge in [0.05, 0.1) is 0 Å². The van der Waals surface area contributed by atoms with Crippen molar-refractivity contribution in [1.29, 1.82) is 0 Å². The van der Waals surface area contributed by atoms with Crippen molar-refractivity contribution < 1.29 is 0 Å². The molecule has 0 aliphatic carbocycles. The van der Waals surface area contributed by atoms with Gasteiger partial charge in [0.1, 0.15) is 11.6 Å². The number of rotatable bonds is 3. The summed E-state index contributed by atoms with van der Waals surface area (Å²) in [5.41, 5.74) is 9.38. The van der Waals surface area contributed by atoms with Crippen LogP contribution in [0, 0.1) is 13.8 Å². The lowest BCUT2D eigenvalue weighted by Crippen LogP contribution is -2.13. The Morgan fingerprint density at radius 1 is 1.05 bits per heavy atom. The molecule has 0 aliphatic rings. The molecule has 1 aromatic carbocycles. The predicted molar refractivity (Wildman–Crippen MR) is 82.2 cm³/mol. The topological polar surface area (TPSA) is 55.0 Å². The minimum absolute atomic E-state index is 0.491. The van der Waals surface area contributed by atoms with Gasteiger partial charge >= 0.3 is 0 Å². The Morgan fingerprint density at radius 3 is 2.26 bits per heavy atom. The lowest BCUT2D eigenvalue weighted by atomic mass is 10.1. The molecule has 0 spiro atoms. The molecule has 0 bridgehead atoms. The van der Waals surface area contributed by atoms with E-state index in [1.165, 1.54) is 22.9 Å². The van der Waals surface area contributed by atoms with Gasteiger partial charge in [-0.2, -0.15) is 0 Å². The quantitative estimate of drug-likeness (QED) is 0.688. The van der Waals surface area contributed by atoms with Crippen LogP contribution >= 0.6 is 11.8 Å². The Hall–Kier alpha value is -1.75. The number of nitrogen functional groups attached to an aromatic ring is 1. The minimum atomic E-state index is 0.491. The van der Waals surface area contributed by atoms with Crippen molar-refractivity contribution in [2.24, 2.45) is 0 Å². The van der Waals surface area contributed by atoms with Crippen molar-refractivity contribution in [2.75, 3.05) is 23.9 Å². The number of nitrogens with zero attached hydrogens (tertiary/aromatic N) is 3. The third-order valence-corrected chi connectivity index (χ3v) is 3.38. The molecule has 0 unspecified atom stereocenters. The average Bonchev–Trinajstić information content (AvgIpc) is 2.35. The van der Waals surface area contributed by atoms with Crippen molar-refractivity contribution in [2.45, 2.75) is 19.0 Å². The molecule has 4 nitrogen and oxygen atoms in total. The normalized spacial score (nSPS) is 10.5. The number of aromatic nitrogens is 2. The lowest BCUT2D eigenvalue weighted by Gasteiger charge is -2.20. The molecule has 2 N–H and O–H groups in total. The highest BCUT2D eigenvalue weighted by molar-refractivity contribution is 7.98. The van der Waals surface area contributed by atoms with Gasteiger partial charge in [0.25, 0.3) is 0 Å². The molecular weight excluding hydrogens is 256 g/mol. The van der Waals surface area contributed by atoms with E-state index in [2.05, 4.69) is 42.0 Å². The SMILES string of the molecule is CSc1nc(N)cc(N(C)c2cc(C)cc(C)c2)n1. The number of aryl methyl sites for hydroxylation is 2. The summed E-state index contributed by atoms with van der Waals surface area (Å²) in [6.45, 7) is 4.18. The predicted octanol–water partition coefficient (Wildman–Crippen LogP) is 3.17. The molecule has 0 fully saturated rings. The van der Waals surface area contributed by atoms with Gasteiger partial charge in [0.2, 0.25) is 0 Å². The largest absolute Gasteiger partial charge is 0.383 e. The van der Waals surface area contributed by atoms with Gasteiger partial charge in [-0.15, -0.1) is 0 Å². The Bertz CT molecular complexity index is 578. The maximum Gasteiger partial charge on any atom is 0.191 e. The molecule has 0 amide bonds. The van der Waals surface area contributed by atoms with Gasteiger partial charge in [0.15, 0.2) is 5.16 Å². The smallest absolute Gasteiger partial charge is 0.191 e. The molecule has 0 aliphatic heterocycles. The van der Waals surface area contributed by atoms with Crippen LogP contribution in [0.3, 0.4) is 0 Å². The molecule has 0 saturated heterocycles. The van der Waals surface area contributed by atoms with E-state index in [-0.39, 0.29) is 0 Å². The molecule has 100 valence electrons. The Morgan fingerprint density at radius 2 is 1.68 bits per heavy atom. The second kappa shape index (κ2) is 5.48. The van der Waals surface area contributed by atoms with Crippen LogP contribution in [0.5, 0.6) is 0 Å². The summed E-state index contributed by atoms with van der Waals surface area (Å²) in [5.74, 6) is 1.30. The summed E-state index contributed by atoms with van der Waals surface area (Å²) in [7, 11) is 1.99. The number of hydrogen-bond acceptors (Lipinski definition) is 5. The average molecular weight is 274 g/mol. The molecule has 1 aromatic heterocycles. The van der Waals surface area contributed by atoms with E-state index in [0.717, 1.165) is 11.5 Å². The Labute approximate surface area is 118 Å². The van der Waals surface area contributed by atoms with Crippen LogP contribution in [0.4, 0.5) is 17.3 Å². The maximum absolute atomic E-state index is 5.82. The summed E-state index contributed by atoms with van der Waals surface area (Å²) in [6.07, 6.45) is 1.94. The third kappa shape index (κ3) is 3.17. The molecule has 0 radical (unpaired) electrons. The molecule has 2 aromatic rings. The molecule has 0 saturated carbocycles. The van der Waals surface area contributed by atoms with Gasteiger partial charge in [0, 0.05) is 18.8 Å². The molecule has 0 atom stereocenters. The van der Waals surface area contributed by atoms with E-state index in [0.29, 0.717) is 11.0 Å². The second-order valence-electron chi connectivity index (χ2n) is 4.54.